The number of aromatic carboxylic acids is 1. The Labute approximate surface area is 112 Å². The largest absolute Gasteiger partial charge is 0.478 e. The van der Waals surface area contributed by atoms with Crippen LogP contribution >= 0.6 is 0 Å². The molecule has 104 valence electrons. The van der Waals surface area contributed by atoms with Crippen molar-refractivity contribution in [2.75, 3.05) is 23.7 Å². The molecule has 0 aliphatic carbocycles. The second-order valence-electron chi connectivity index (χ2n) is 4.32. The number of carboxylic acids is 1. The molecule has 0 fully saturated rings. The van der Waals surface area contributed by atoms with Gasteiger partial charge in [-0.2, -0.15) is 0 Å². The average molecular weight is 265 g/mol. The van der Waals surface area contributed by atoms with E-state index in [1.807, 2.05) is 6.92 Å². The number of carbonyl (C=O) groups excluding carboxylic acids is 1. The fourth-order valence-corrected chi connectivity index (χ4v) is 1.76. The maximum atomic E-state index is 11.1. The number of rotatable bonds is 7. The molecule has 1 rings (SSSR count). The summed E-state index contributed by atoms with van der Waals surface area (Å²) in [6.45, 7) is 2.74. The maximum Gasteiger partial charge on any atom is 0.337 e. The monoisotopic (exact) mass is 265 g/mol. The molecule has 0 aliphatic heterocycles. The van der Waals surface area contributed by atoms with E-state index in [-0.39, 0.29) is 17.8 Å². The predicted octanol–water partition coefficient (Wildman–Crippen LogP) is 1.06. The molecule has 0 heterocycles. The zero-order valence-electron chi connectivity index (χ0n) is 10.9. The summed E-state index contributed by atoms with van der Waals surface area (Å²) in [5.74, 6) is -1.54. The van der Waals surface area contributed by atoms with Gasteiger partial charge in [-0.3, -0.25) is 4.79 Å². The second-order valence-corrected chi connectivity index (χ2v) is 4.32. The van der Waals surface area contributed by atoms with Crippen LogP contribution in [0, 0.1) is 0 Å². The molecule has 6 nitrogen and oxygen atoms in total. The Balaban J connectivity index is 3.03. The fourth-order valence-electron chi connectivity index (χ4n) is 1.76. The van der Waals surface area contributed by atoms with Crippen LogP contribution in [0.15, 0.2) is 18.2 Å². The summed E-state index contributed by atoms with van der Waals surface area (Å²) >= 11 is 0. The zero-order chi connectivity index (χ0) is 14.4. The van der Waals surface area contributed by atoms with Gasteiger partial charge in [-0.15, -0.1) is 0 Å². The minimum atomic E-state index is -1.09. The molecule has 1 amide bonds. The molecule has 0 aromatic heterocycles. The highest BCUT2D eigenvalue weighted by Gasteiger charge is 2.14. The Hall–Kier alpha value is -2.24. The van der Waals surface area contributed by atoms with Crippen LogP contribution in [0.2, 0.25) is 0 Å². The third-order valence-electron chi connectivity index (χ3n) is 2.76. The molecule has 0 radical (unpaired) electrons. The Morgan fingerprint density at radius 3 is 2.58 bits per heavy atom. The van der Waals surface area contributed by atoms with Crippen LogP contribution in [-0.4, -0.2) is 30.1 Å². The number of primary amides is 1. The lowest BCUT2D eigenvalue weighted by atomic mass is 10.1. The van der Waals surface area contributed by atoms with E-state index in [9.17, 15) is 9.59 Å². The van der Waals surface area contributed by atoms with E-state index in [2.05, 4.69) is 0 Å². The summed E-state index contributed by atoms with van der Waals surface area (Å²) in [4.78, 5) is 23.9. The van der Waals surface area contributed by atoms with Gasteiger partial charge in [0.2, 0.25) is 5.91 Å². The SMILES string of the molecule is CCCCN(CC(N)=O)c1ccc(N)c(C(=O)O)c1. The van der Waals surface area contributed by atoms with Crippen molar-refractivity contribution in [1.29, 1.82) is 0 Å². The van der Waals surface area contributed by atoms with Gasteiger partial charge in [0.1, 0.15) is 0 Å². The number of benzene rings is 1. The number of hydrogen-bond donors (Lipinski definition) is 3. The predicted molar refractivity (Wildman–Crippen MR) is 74.1 cm³/mol. The van der Waals surface area contributed by atoms with Crippen LogP contribution in [0.5, 0.6) is 0 Å². The number of anilines is 2. The number of amides is 1. The number of unbranched alkanes of at least 4 members (excludes halogenated alkanes) is 1. The molecule has 0 spiro atoms. The van der Waals surface area contributed by atoms with Gasteiger partial charge < -0.3 is 21.5 Å². The highest BCUT2D eigenvalue weighted by molar-refractivity contribution is 5.95. The summed E-state index contributed by atoms with van der Waals surface area (Å²) in [7, 11) is 0. The first kappa shape index (κ1) is 14.8. The van der Waals surface area contributed by atoms with Crippen LogP contribution in [0.4, 0.5) is 11.4 Å². The smallest absolute Gasteiger partial charge is 0.337 e. The Morgan fingerprint density at radius 2 is 2.05 bits per heavy atom. The van der Waals surface area contributed by atoms with Crippen LogP contribution in [0.1, 0.15) is 30.1 Å². The van der Waals surface area contributed by atoms with Crippen molar-refractivity contribution in [2.45, 2.75) is 19.8 Å². The lowest BCUT2D eigenvalue weighted by Crippen LogP contribution is -2.34. The molecule has 0 unspecified atom stereocenters. The van der Waals surface area contributed by atoms with Crippen molar-refractivity contribution in [3.05, 3.63) is 23.8 Å². The van der Waals surface area contributed by atoms with E-state index in [0.29, 0.717) is 12.2 Å². The van der Waals surface area contributed by atoms with Gasteiger partial charge in [0, 0.05) is 17.9 Å². The van der Waals surface area contributed by atoms with E-state index in [0.717, 1.165) is 12.8 Å². The summed E-state index contributed by atoms with van der Waals surface area (Å²) in [5.41, 5.74) is 11.7. The van der Waals surface area contributed by atoms with Crippen molar-refractivity contribution >= 4 is 23.3 Å². The maximum absolute atomic E-state index is 11.1. The number of nitrogen functional groups attached to an aromatic ring is 1. The van der Waals surface area contributed by atoms with Crippen LogP contribution < -0.4 is 16.4 Å². The van der Waals surface area contributed by atoms with E-state index >= 15 is 0 Å². The highest BCUT2D eigenvalue weighted by Crippen LogP contribution is 2.21. The van der Waals surface area contributed by atoms with Gasteiger partial charge in [0.05, 0.1) is 12.1 Å². The summed E-state index contributed by atoms with van der Waals surface area (Å²) in [6, 6.07) is 4.69. The highest BCUT2D eigenvalue weighted by atomic mass is 16.4. The fraction of sp³-hybridized carbons (Fsp3) is 0.385. The molecule has 1 aromatic rings. The minimum Gasteiger partial charge on any atom is -0.478 e. The third-order valence-corrected chi connectivity index (χ3v) is 2.76. The molecular weight excluding hydrogens is 246 g/mol. The zero-order valence-corrected chi connectivity index (χ0v) is 10.9. The summed E-state index contributed by atoms with van der Waals surface area (Å²) < 4.78 is 0. The van der Waals surface area contributed by atoms with Crippen LogP contribution in [-0.2, 0) is 4.79 Å². The third kappa shape index (κ3) is 4.17. The first-order valence-corrected chi connectivity index (χ1v) is 6.11. The average Bonchev–Trinajstić information content (AvgIpc) is 2.34. The van der Waals surface area contributed by atoms with Crippen molar-refractivity contribution in [3.8, 4) is 0 Å². The summed E-state index contributed by atoms with van der Waals surface area (Å²) in [5, 5.41) is 9.04. The molecule has 5 N–H and O–H groups in total. The molecule has 19 heavy (non-hydrogen) atoms. The van der Waals surface area contributed by atoms with E-state index < -0.39 is 11.9 Å². The van der Waals surface area contributed by atoms with Crippen molar-refractivity contribution in [1.82, 2.24) is 0 Å². The molecule has 0 atom stereocenters. The van der Waals surface area contributed by atoms with Gasteiger partial charge in [0.25, 0.3) is 0 Å². The first-order chi connectivity index (χ1) is 8.95. The van der Waals surface area contributed by atoms with E-state index in [4.69, 9.17) is 16.6 Å². The minimum absolute atomic E-state index is 0.0310. The molecule has 0 saturated carbocycles. The number of nitrogens with two attached hydrogens (primary N) is 2. The van der Waals surface area contributed by atoms with Crippen LogP contribution in [0.3, 0.4) is 0 Å². The molecule has 0 saturated heterocycles. The Morgan fingerprint density at radius 1 is 1.37 bits per heavy atom. The standard InChI is InChI=1S/C13H19N3O3/c1-2-3-6-16(8-12(15)17)9-4-5-11(14)10(7-9)13(18)19/h4-5,7H,2-3,6,8,14H2,1H3,(H2,15,17)(H,18,19). The molecular formula is C13H19N3O3. The van der Waals surface area contributed by atoms with Gasteiger partial charge in [-0.05, 0) is 24.6 Å². The Kier molecular flexibility index (Phi) is 5.17. The van der Waals surface area contributed by atoms with Gasteiger partial charge in [-0.25, -0.2) is 4.79 Å². The van der Waals surface area contributed by atoms with E-state index in [1.54, 1.807) is 11.0 Å². The number of carbonyl (C=O) groups is 2. The van der Waals surface area contributed by atoms with Crippen LogP contribution in [0.25, 0.3) is 0 Å². The van der Waals surface area contributed by atoms with Gasteiger partial charge in [0.15, 0.2) is 0 Å². The molecule has 6 heteroatoms. The lowest BCUT2D eigenvalue weighted by Gasteiger charge is -2.23. The molecule has 0 bridgehead atoms. The normalized spacial score (nSPS) is 10.2. The number of hydrogen-bond acceptors (Lipinski definition) is 4. The lowest BCUT2D eigenvalue weighted by molar-refractivity contribution is -0.116. The van der Waals surface area contributed by atoms with E-state index in [1.165, 1.54) is 12.1 Å². The quantitative estimate of drug-likeness (QED) is 0.638. The second kappa shape index (κ2) is 6.63. The molecule has 0 aliphatic rings. The van der Waals surface area contributed by atoms with Gasteiger partial charge in [-0.1, -0.05) is 13.3 Å². The topological polar surface area (TPSA) is 110 Å². The summed E-state index contributed by atoms with van der Waals surface area (Å²) in [6.07, 6.45) is 1.86. The van der Waals surface area contributed by atoms with Crippen molar-refractivity contribution < 1.29 is 14.7 Å². The molecule has 1 aromatic carbocycles. The van der Waals surface area contributed by atoms with Crippen molar-refractivity contribution in [2.24, 2.45) is 5.73 Å². The Bertz CT molecular complexity index is 474. The first-order valence-electron chi connectivity index (χ1n) is 6.11. The van der Waals surface area contributed by atoms with Crippen molar-refractivity contribution in [3.63, 3.8) is 0 Å². The van der Waals surface area contributed by atoms with Gasteiger partial charge >= 0.3 is 5.97 Å². The number of nitrogens with zero attached hydrogens (tertiary/aromatic N) is 1. The number of carboxylic acid groups (broad SMARTS) is 1.